The Kier molecular flexibility index (Phi) is 4.45. The number of hydrogen-bond acceptors (Lipinski definition) is 0. The Labute approximate surface area is 170 Å². The van der Waals surface area contributed by atoms with Gasteiger partial charge in [0.25, 0.3) is 0 Å². The van der Waals surface area contributed by atoms with E-state index >= 15 is 0 Å². The van der Waals surface area contributed by atoms with Gasteiger partial charge in [0.15, 0.2) is 6.20 Å². The Morgan fingerprint density at radius 3 is 2.29 bits per heavy atom. The highest BCUT2D eigenvalue weighted by molar-refractivity contribution is 5.87. The lowest BCUT2D eigenvalue weighted by molar-refractivity contribution is -0.660. The van der Waals surface area contributed by atoms with Crippen molar-refractivity contribution in [3.63, 3.8) is 0 Å². The normalized spacial score (nSPS) is 12.8. The summed E-state index contributed by atoms with van der Waals surface area (Å²) in [5.74, 6) is 0. The van der Waals surface area contributed by atoms with Crippen molar-refractivity contribution in [3.8, 4) is 22.4 Å². The molecule has 1 heteroatoms. The van der Waals surface area contributed by atoms with Crippen LogP contribution in [0.2, 0.25) is 0 Å². The molecule has 144 valence electrons. The molecule has 0 N–H and O–H groups in total. The molecule has 1 aromatic heterocycles. The Morgan fingerprint density at radius 2 is 1.57 bits per heavy atom. The molecule has 1 aliphatic carbocycles. The predicted octanol–water partition coefficient (Wildman–Crippen LogP) is 6.26. The van der Waals surface area contributed by atoms with Crippen LogP contribution in [0.5, 0.6) is 0 Å². The molecule has 0 bridgehead atoms. The molecule has 1 aliphatic rings. The van der Waals surface area contributed by atoms with Crippen LogP contribution in [0.4, 0.5) is 0 Å². The van der Waals surface area contributed by atoms with E-state index in [1.165, 1.54) is 55.8 Å². The van der Waals surface area contributed by atoms with Gasteiger partial charge < -0.3 is 0 Å². The summed E-state index contributed by atoms with van der Waals surface area (Å²) in [6.45, 7) is 13.7. The molecule has 0 spiro atoms. The summed E-state index contributed by atoms with van der Waals surface area (Å²) < 4.78 is 2.34. The van der Waals surface area contributed by atoms with Crippen LogP contribution in [-0.4, -0.2) is 0 Å². The van der Waals surface area contributed by atoms with Gasteiger partial charge in [0.1, 0.15) is 7.05 Å². The highest BCUT2D eigenvalue weighted by atomic mass is 14.9. The Hall–Kier alpha value is -2.41. The van der Waals surface area contributed by atoms with Crippen LogP contribution in [-0.2, 0) is 19.9 Å². The quantitative estimate of drug-likeness (QED) is 0.366. The van der Waals surface area contributed by atoms with Gasteiger partial charge in [-0.3, -0.25) is 0 Å². The third kappa shape index (κ3) is 3.17. The van der Waals surface area contributed by atoms with Crippen molar-refractivity contribution in [1.82, 2.24) is 0 Å². The first-order valence-electron chi connectivity index (χ1n) is 10.4. The minimum Gasteiger partial charge on any atom is -0.201 e. The highest BCUT2D eigenvalue weighted by Gasteiger charge is 2.28. The molecule has 2 aromatic carbocycles. The number of rotatable bonds is 2. The summed E-state index contributed by atoms with van der Waals surface area (Å²) in [4.78, 5) is 0. The second-order valence-electron chi connectivity index (χ2n) is 9.79. The monoisotopic (exact) mass is 370 g/mol. The Balaban J connectivity index is 1.91. The summed E-state index contributed by atoms with van der Waals surface area (Å²) >= 11 is 0. The molecule has 0 saturated heterocycles. The van der Waals surface area contributed by atoms with E-state index in [1.54, 1.807) is 0 Å². The summed E-state index contributed by atoms with van der Waals surface area (Å²) in [5, 5.41) is 0. The van der Waals surface area contributed by atoms with Crippen LogP contribution in [0, 0.1) is 26.2 Å². The van der Waals surface area contributed by atoms with Crippen molar-refractivity contribution in [2.45, 2.75) is 54.4 Å². The molecule has 0 amide bonds. The van der Waals surface area contributed by atoms with E-state index in [2.05, 4.69) is 95.8 Å². The van der Waals surface area contributed by atoms with Gasteiger partial charge in [-0.25, -0.2) is 4.57 Å². The molecule has 3 aromatic rings. The fourth-order valence-electron chi connectivity index (χ4n) is 4.90. The molecule has 0 saturated carbocycles. The Bertz CT molecular complexity index is 1080. The SMILES string of the molecule is Cc1cc(-c2c(C)cc(C)c3c2Cc2ccccc2-3)[n+](C)cc1CC(C)(C)C. The largest absolute Gasteiger partial charge is 0.213 e. The van der Waals surface area contributed by atoms with Crippen LogP contribution in [0.3, 0.4) is 0 Å². The molecule has 0 aliphatic heterocycles. The van der Waals surface area contributed by atoms with Crippen LogP contribution in [0.25, 0.3) is 22.4 Å². The van der Waals surface area contributed by atoms with Gasteiger partial charge in [-0.2, -0.15) is 0 Å². The molecule has 28 heavy (non-hydrogen) atoms. The van der Waals surface area contributed by atoms with Gasteiger partial charge in [-0.1, -0.05) is 51.1 Å². The van der Waals surface area contributed by atoms with E-state index in [9.17, 15) is 0 Å². The third-order valence-electron chi connectivity index (χ3n) is 6.05. The first kappa shape index (κ1) is 18.9. The molecule has 1 nitrogen and oxygen atoms in total. The second-order valence-corrected chi connectivity index (χ2v) is 9.79. The number of pyridine rings is 1. The molecule has 0 radical (unpaired) electrons. The molecular weight excluding hydrogens is 338 g/mol. The lowest BCUT2D eigenvalue weighted by Gasteiger charge is -2.20. The molecule has 4 rings (SSSR count). The molecular formula is C27H32N+. The maximum atomic E-state index is 2.40. The predicted molar refractivity (Wildman–Crippen MR) is 119 cm³/mol. The number of aryl methyl sites for hydroxylation is 4. The van der Waals surface area contributed by atoms with Crippen LogP contribution >= 0.6 is 0 Å². The number of benzene rings is 2. The smallest absolute Gasteiger partial charge is 0.201 e. The van der Waals surface area contributed by atoms with E-state index in [0.29, 0.717) is 5.41 Å². The zero-order chi connectivity index (χ0) is 20.2. The number of hydrogen-bond donors (Lipinski definition) is 0. The fraction of sp³-hybridized carbons (Fsp3) is 0.370. The van der Waals surface area contributed by atoms with Gasteiger partial charge >= 0.3 is 0 Å². The minimum absolute atomic E-state index is 0.294. The molecule has 1 heterocycles. The summed E-state index contributed by atoms with van der Waals surface area (Å²) in [7, 11) is 2.20. The molecule has 0 fully saturated rings. The maximum Gasteiger partial charge on any atom is 0.213 e. The van der Waals surface area contributed by atoms with Crippen molar-refractivity contribution in [3.05, 3.63) is 76.0 Å². The second kappa shape index (κ2) is 6.58. The first-order valence-corrected chi connectivity index (χ1v) is 10.4. The number of nitrogens with zero attached hydrogens (tertiary/aromatic N) is 1. The van der Waals surface area contributed by atoms with Gasteiger partial charge in [-0.05, 0) is 78.0 Å². The topological polar surface area (TPSA) is 3.88 Å². The van der Waals surface area contributed by atoms with Crippen molar-refractivity contribution >= 4 is 0 Å². The first-order chi connectivity index (χ1) is 13.2. The lowest BCUT2D eigenvalue weighted by Crippen LogP contribution is -2.33. The third-order valence-corrected chi connectivity index (χ3v) is 6.05. The zero-order valence-corrected chi connectivity index (χ0v) is 18.4. The van der Waals surface area contributed by atoms with Gasteiger partial charge in [0.05, 0.1) is 5.56 Å². The van der Waals surface area contributed by atoms with Crippen LogP contribution in [0.1, 0.15) is 54.2 Å². The van der Waals surface area contributed by atoms with Crippen molar-refractivity contribution in [2.24, 2.45) is 12.5 Å². The maximum absolute atomic E-state index is 2.40. The van der Waals surface area contributed by atoms with E-state index in [1.807, 2.05) is 0 Å². The lowest BCUT2D eigenvalue weighted by atomic mass is 9.86. The van der Waals surface area contributed by atoms with Gasteiger partial charge in [0, 0.05) is 11.6 Å². The fourth-order valence-corrected chi connectivity index (χ4v) is 4.90. The molecule has 0 unspecified atom stereocenters. The summed E-state index contributed by atoms with van der Waals surface area (Å²) in [5.41, 5.74) is 14.5. The standard InChI is InChI=1S/C27H32N/c1-17-13-24(28(7)16-21(17)15-27(4,5)6)26-19(3)12-18(2)25-22-11-9-8-10-20(22)14-23(25)26/h8-13,16H,14-15H2,1-7H3/q+1. The van der Waals surface area contributed by atoms with Crippen molar-refractivity contribution < 1.29 is 4.57 Å². The number of fused-ring (bicyclic) bond motifs is 3. The van der Waals surface area contributed by atoms with E-state index in [-0.39, 0.29) is 0 Å². The average Bonchev–Trinajstić information content (AvgIpc) is 2.97. The highest BCUT2D eigenvalue weighted by Crippen LogP contribution is 2.44. The van der Waals surface area contributed by atoms with Gasteiger partial charge in [-0.15, -0.1) is 0 Å². The minimum atomic E-state index is 0.294. The van der Waals surface area contributed by atoms with Crippen LogP contribution < -0.4 is 4.57 Å². The number of aromatic nitrogens is 1. The van der Waals surface area contributed by atoms with Gasteiger partial charge in [0.2, 0.25) is 5.69 Å². The summed E-state index contributed by atoms with van der Waals surface area (Å²) in [6, 6.07) is 13.7. The van der Waals surface area contributed by atoms with Crippen molar-refractivity contribution in [2.75, 3.05) is 0 Å². The van der Waals surface area contributed by atoms with E-state index in [4.69, 9.17) is 0 Å². The van der Waals surface area contributed by atoms with E-state index < -0.39 is 0 Å². The summed E-state index contributed by atoms with van der Waals surface area (Å²) in [6.07, 6.45) is 4.49. The van der Waals surface area contributed by atoms with Crippen molar-refractivity contribution in [1.29, 1.82) is 0 Å². The average molecular weight is 371 g/mol. The molecule has 0 atom stereocenters. The van der Waals surface area contributed by atoms with Crippen LogP contribution in [0.15, 0.2) is 42.6 Å². The Morgan fingerprint density at radius 1 is 0.893 bits per heavy atom. The zero-order valence-electron chi connectivity index (χ0n) is 18.4. The van der Waals surface area contributed by atoms with E-state index in [0.717, 1.165) is 12.8 Å².